The van der Waals surface area contributed by atoms with Gasteiger partial charge >= 0.3 is 0 Å². The Morgan fingerprint density at radius 2 is 1.84 bits per heavy atom. The van der Waals surface area contributed by atoms with Crippen LogP contribution in [-0.2, 0) is 11.2 Å². The lowest BCUT2D eigenvalue weighted by Gasteiger charge is -2.16. The molecule has 0 radical (unpaired) electrons. The summed E-state index contributed by atoms with van der Waals surface area (Å²) in [5, 5.41) is 8.17. The molecule has 6 heteroatoms. The fourth-order valence-electron chi connectivity index (χ4n) is 2.18. The Morgan fingerprint density at radius 3 is 2.48 bits per heavy atom. The molecule has 0 fully saturated rings. The highest BCUT2D eigenvalue weighted by Crippen LogP contribution is 2.15. The van der Waals surface area contributed by atoms with Gasteiger partial charge < -0.3 is 10.6 Å². The van der Waals surface area contributed by atoms with Crippen molar-refractivity contribution in [3.63, 3.8) is 0 Å². The molecule has 0 aliphatic heterocycles. The molecule has 2 N–H and O–H groups in total. The largest absolute Gasteiger partial charge is 0.352 e. The van der Waals surface area contributed by atoms with Crippen LogP contribution in [0.5, 0.6) is 0 Å². The maximum absolute atomic E-state index is 12.3. The number of benzene rings is 1. The maximum Gasteiger partial charge on any atom is 0.271 e. The molecule has 2 aromatic rings. The summed E-state index contributed by atoms with van der Waals surface area (Å²) in [6.45, 7) is 7.66. The van der Waals surface area contributed by atoms with Crippen molar-refractivity contribution in [1.82, 2.24) is 15.6 Å². The number of aryl methyl sites for hydroxylation is 1. The number of rotatable bonds is 7. The van der Waals surface area contributed by atoms with Gasteiger partial charge in [-0.1, -0.05) is 36.8 Å². The molecule has 0 spiro atoms. The number of amides is 2. The lowest BCUT2D eigenvalue weighted by atomic mass is 10.1. The second-order valence-corrected chi connectivity index (χ2v) is 7.24. The van der Waals surface area contributed by atoms with Gasteiger partial charge in [-0.25, -0.2) is 4.98 Å². The summed E-state index contributed by atoms with van der Waals surface area (Å²) in [4.78, 5) is 28.7. The van der Waals surface area contributed by atoms with Gasteiger partial charge in [0.15, 0.2) is 0 Å². The van der Waals surface area contributed by atoms with E-state index in [-0.39, 0.29) is 17.9 Å². The molecule has 2 atom stereocenters. The number of nitrogens with one attached hydrogen (secondary N) is 2. The number of carbonyl (C=O) groups is 2. The van der Waals surface area contributed by atoms with Crippen LogP contribution in [0.25, 0.3) is 0 Å². The van der Waals surface area contributed by atoms with Crippen molar-refractivity contribution >= 4 is 23.2 Å². The standard InChI is InChI=1S/C19H25N3O2S/c1-5-13(3)20-18(23)14(4)21-19(24)16-11-25-17(22-16)10-15-8-6-12(2)7-9-15/h6-9,11,13-14H,5,10H2,1-4H3,(H,20,23)(H,21,24). The Bertz CT molecular complexity index is 725. The Morgan fingerprint density at radius 1 is 1.16 bits per heavy atom. The molecule has 2 amide bonds. The van der Waals surface area contributed by atoms with Crippen molar-refractivity contribution in [3.05, 3.63) is 51.5 Å². The molecule has 1 heterocycles. The number of nitrogens with zero attached hydrogens (tertiary/aromatic N) is 1. The second kappa shape index (κ2) is 8.76. The maximum atomic E-state index is 12.3. The molecule has 5 nitrogen and oxygen atoms in total. The molecule has 2 rings (SSSR count). The van der Waals surface area contributed by atoms with E-state index in [2.05, 4.69) is 39.9 Å². The Kier molecular flexibility index (Phi) is 6.70. The minimum Gasteiger partial charge on any atom is -0.352 e. The van der Waals surface area contributed by atoms with Crippen LogP contribution in [0.3, 0.4) is 0 Å². The van der Waals surface area contributed by atoms with E-state index in [4.69, 9.17) is 0 Å². The molecule has 25 heavy (non-hydrogen) atoms. The normalized spacial score (nSPS) is 13.1. The van der Waals surface area contributed by atoms with Crippen LogP contribution >= 0.6 is 11.3 Å². The Hall–Kier alpha value is -2.21. The predicted octanol–water partition coefficient (Wildman–Crippen LogP) is 3.08. The molecule has 0 bridgehead atoms. The van der Waals surface area contributed by atoms with Gasteiger partial charge in [0.1, 0.15) is 11.7 Å². The smallest absolute Gasteiger partial charge is 0.271 e. The third-order valence-electron chi connectivity index (χ3n) is 4.00. The molecule has 0 aliphatic rings. The van der Waals surface area contributed by atoms with Gasteiger partial charge in [0.25, 0.3) is 5.91 Å². The number of hydrogen-bond donors (Lipinski definition) is 2. The molecule has 0 saturated carbocycles. The van der Waals surface area contributed by atoms with E-state index in [1.807, 2.05) is 20.8 Å². The summed E-state index contributed by atoms with van der Waals surface area (Å²) < 4.78 is 0. The first-order chi connectivity index (χ1) is 11.9. The van der Waals surface area contributed by atoms with Crippen molar-refractivity contribution in [3.8, 4) is 0 Å². The summed E-state index contributed by atoms with van der Waals surface area (Å²) in [5.41, 5.74) is 2.73. The number of hydrogen-bond acceptors (Lipinski definition) is 4. The second-order valence-electron chi connectivity index (χ2n) is 6.30. The Labute approximate surface area is 152 Å². The first-order valence-electron chi connectivity index (χ1n) is 8.50. The fraction of sp³-hybridized carbons (Fsp3) is 0.421. The first kappa shape index (κ1) is 19.1. The van der Waals surface area contributed by atoms with Crippen LogP contribution < -0.4 is 10.6 Å². The summed E-state index contributed by atoms with van der Waals surface area (Å²) in [7, 11) is 0. The number of thiazole rings is 1. The molecule has 2 unspecified atom stereocenters. The minimum absolute atomic E-state index is 0.0900. The van der Waals surface area contributed by atoms with E-state index >= 15 is 0 Å². The van der Waals surface area contributed by atoms with Gasteiger partial charge in [0.2, 0.25) is 5.91 Å². The van der Waals surface area contributed by atoms with Crippen molar-refractivity contribution in [2.75, 3.05) is 0 Å². The van der Waals surface area contributed by atoms with Crippen molar-refractivity contribution in [1.29, 1.82) is 0 Å². The third-order valence-corrected chi connectivity index (χ3v) is 4.85. The van der Waals surface area contributed by atoms with E-state index < -0.39 is 6.04 Å². The van der Waals surface area contributed by atoms with Crippen molar-refractivity contribution < 1.29 is 9.59 Å². The van der Waals surface area contributed by atoms with Crippen LogP contribution in [0.2, 0.25) is 0 Å². The highest BCUT2D eigenvalue weighted by Gasteiger charge is 2.19. The third kappa shape index (κ3) is 5.67. The summed E-state index contributed by atoms with van der Waals surface area (Å²) >= 11 is 1.45. The van der Waals surface area contributed by atoms with Gasteiger partial charge in [-0.15, -0.1) is 11.3 Å². The van der Waals surface area contributed by atoms with Crippen LogP contribution in [0, 0.1) is 6.92 Å². The number of carbonyl (C=O) groups excluding carboxylic acids is 2. The lowest BCUT2D eigenvalue weighted by Crippen LogP contribution is -2.47. The molecule has 0 aliphatic carbocycles. The number of aromatic nitrogens is 1. The van der Waals surface area contributed by atoms with Gasteiger partial charge in [0, 0.05) is 17.8 Å². The van der Waals surface area contributed by atoms with Crippen LogP contribution in [0.1, 0.15) is 53.8 Å². The van der Waals surface area contributed by atoms with Crippen LogP contribution in [0.4, 0.5) is 0 Å². The highest BCUT2D eigenvalue weighted by molar-refractivity contribution is 7.09. The average Bonchev–Trinajstić information content (AvgIpc) is 3.05. The molecular formula is C19H25N3O2S. The topological polar surface area (TPSA) is 71.1 Å². The summed E-state index contributed by atoms with van der Waals surface area (Å²) in [5.74, 6) is -0.504. The first-order valence-corrected chi connectivity index (χ1v) is 9.38. The van der Waals surface area contributed by atoms with Gasteiger partial charge in [0.05, 0.1) is 5.01 Å². The van der Waals surface area contributed by atoms with Gasteiger partial charge in [-0.05, 0) is 32.8 Å². The average molecular weight is 359 g/mol. The fourth-order valence-corrected chi connectivity index (χ4v) is 2.99. The molecule has 1 aromatic heterocycles. The van der Waals surface area contributed by atoms with E-state index in [0.29, 0.717) is 12.1 Å². The zero-order valence-corrected chi connectivity index (χ0v) is 15.9. The highest BCUT2D eigenvalue weighted by atomic mass is 32.1. The lowest BCUT2D eigenvalue weighted by molar-refractivity contribution is -0.123. The monoisotopic (exact) mass is 359 g/mol. The quantitative estimate of drug-likeness (QED) is 0.798. The van der Waals surface area contributed by atoms with Crippen LogP contribution in [-0.4, -0.2) is 28.9 Å². The molecule has 134 valence electrons. The minimum atomic E-state index is -0.594. The Balaban J connectivity index is 1.93. The van der Waals surface area contributed by atoms with E-state index in [0.717, 1.165) is 17.0 Å². The zero-order chi connectivity index (χ0) is 18.4. The molecular weight excluding hydrogens is 334 g/mol. The van der Waals surface area contributed by atoms with E-state index in [1.165, 1.54) is 16.9 Å². The summed E-state index contributed by atoms with van der Waals surface area (Å²) in [6.07, 6.45) is 1.54. The van der Waals surface area contributed by atoms with Crippen molar-refractivity contribution in [2.24, 2.45) is 0 Å². The van der Waals surface area contributed by atoms with E-state index in [9.17, 15) is 9.59 Å². The zero-order valence-electron chi connectivity index (χ0n) is 15.1. The van der Waals surface area contributed by atoms with E-state index in [1.54, 1.807) is 12.3 Å². The van der Waals surface area contributed by atoms with Gasteiger partial charge in [-0.2, -0.15) is 0 Å². The van der Waals surface area contributed by atoms with Crippen molar-refractivity contribution in [2.45, 2.75) is 52.6 Å². The SMILES string of the molecule is CCC(C)NC(=O)C(C)NC(=O)c1csc(Cc2ccc(C)cc2)n1. The molecule has 0 saturated heterocycles. The summed E-state index contributed by atoms with van der Waals surface area (Å²) in [6, 6.07) is 7.76. The van der Waals surface area contributed by atoms with Crippen LogP contribution in [0.15, 0.2) is 29.6 Å². The predicted molar refractivity (Wildman–Crippen MR) is 101 cm³/mol. The molecule has 1 aromatic carbocycles. The van der Waals surface area contributed by atoms with Gasteiger partial charge in [-0.3, -0.25) is 9.59 Å².